The van der Waals surface area contributed by atoms with E-state index >= 15 is 0 Å². The fourth-order valence-electron chi connectivity index (χ4n) is 3.24. The van der Waals surface area contributed by atoms with Crippen LogP contribution < -0.4 is 10.1 Å². The highest BCUT2D eigenvalue weighted by Gasteiger charge is 2.27. The van der Waals surface area contributed by atoms with Crippen molar-refractivity contribution < 1.29 is 17.9 Å². The number of benzene rings is 2. The lowest BCUT2D eigenvalue weighted by Gasteiger charge is -2.29. The summed E-state index contributed by atoms with van der Waals surface area (Å²) in [6.07, 6.45) is 1.78. The molecule has 0 aliphatic carbocycles. The molecule has 1 N–H and O–H groups in total. The van der Waals surface area contributed by atoms with Crippen LogP contribution in [0.15, 0.2) is 51.8 Å². The molecule has 1 fully saturated rings. The van der Waals surface area contributed by atoms with E-state index in [0.717, 1.165) is 12.8 Å². The first-order valence-corrected chi connectivity index (χ1v) is 11.8. The predicted molar refractivity (Wildman–Crippen MR) is 117 cm³/mol. The number of carbonyl (C=O) groups is 1. The van der Waals surface area contributed by atoms with E-state index in [4.69, 9.17) is 4.74 Å². The third-order valence-corrected chi connectivity index (χ3v) is 7.69. The van der Waals surface area contributed by atoms with Crippen LogP contribution in [0.3, 0.4) is 0 Å². The van der Waals surface area contributed by atoms with Crippen molar-refractivity contribution in [2.24, 2.45) is 5.92 Å². The average Bonchev–Trinajstić information content (AvgIpc) is 2.72. The monoisotopic (exact) mass is 480 g/mol. The van der Waals surface area contributed by atoms with Gasteiger partial charge in [-0.25, -0.2) is 8.42 Å². The number of ether oxygens (including phenoxy) is 1. The summed E-state index contributed by atoms with van der Waals surface area (Å²) in [5, 5.41) is 3.05. The Hall–Kier alpha value is -1.90. The third-order valence-electron chi connectivity index (χ3n) is 5.16. The number of halogens is 1. The lowest BCUT2D eigenvalue weighted by atomic mass is 10.0. The zero-order valence-electron chi connectivity index (χ0n) is 16.5. The molecule has 0 saturated carbocycles. The van der Waals surface area contributed by atoms with Crippen molar-refractivity contribution in [2.45, 2.75) is 24.7 Å². The van der Waals surface area contributed by atoms with Crippen molar-refractivity contribution in [3.63, 3.8) is 0 Å². The molecule has 1 aliphatic rings. The van der Waals surface area contributed by atoms with E-state index in [2.05, 4.69) is 28.2 Å². The summed E-state index contributed by atoms with van der Waals surface area (Å²) in [6.45, 7) is 3.38. The minimum atomic E-state index is -3.47. The second-order valence-electron chi connectivity index (χ2n) is 7.24. The van der Waals surface area contributed by atoms with Crippen LogP contribution in [0.4, 0.5) is 5.69 Å². The predicted octanol–water partition coefficient (Wildman–Crippen LogP) is 4.17. The van der Waals surface area contributed by atoms with Crippen molar-refractivity contribution in [3.8, 4) is 5.75 Å². The quantitative estimate of drug-likeness (QED) is 0.601. The number of sulfonamides is 1. The largest absolute Gasteiger partial charge is 0.496 e. The molecule has 1 saturated heterocycles. The van der Waals surface area contributed by atoms with Crippen LogP contribution in [0.5, 0.6) is 5.75 Å². The molecule has 0 aromatic heterocycles. The first-order chi connectivity index (χ1) is 13.8. The molecular weight excluding hydrogens is 456 g/mol. The van der Waals surface area contributed by atoms with E-state index in [9.17, 15) is 13.2 Å². The van der Waals surface area contributed by atoms with Crippen LogP contribution in [-0.2, 0) is 10.0 Å². The van der Waals surface area contributed by atoms with Gasteiger partial charge in [0.2, 0.25) is 10.0 Å². The van der Waals surface area contributed by atoms with Gasteiger partial charge >= 0.3 is 0 Å². The molecule has 1 heterocycles. The highest BCUT2D eigenvalue weighted by molar-refractivity contribution is 9.10. The van der Waals surface area contributed by atoms with Gasteiger partial charge in [0.05, 0.1) is 23.0 Å². The molecule has 0 spiro atoms. The number of ketones is 1. The molecule has 0 unspecified atom stereocenters. The van der Waals surface area contributed by atoms with Gasteiger partial charge in [-0.2, -0.15) is 4.31 Å². The molecule has 8 heteroatoms. The Morgan fingerprint density at radius 1 is 1.17 bits per heavy atom. The number of nitrogens with zero attached hydrogens (tertiary/aromatic N) is 1. The van der Waals surface area contributed by atoms with Crippen molar-refractivity contribution in [1.82, 2.24) is 4.31 Å². The van der Waals surface area contributed by atoms with E-state index in [-0.39, 0.29) is 17.2 Å². The van der Waals surface area contributed by atoms with Crippen LogP contribution in [0.25, 0.3) is 0 Å². The van der Waals surface area contributed by atoms with Gasteiger partial charge in [0.15, 0.2) is 5.78 Å². The van der Waals surface area contributed by atoms with Crippen LogP contribution >= 0.6 is 15.9 Å². The number of carbonyl (C=O) groups excluding carboxylic acids is 1. The molecule has 0 radical (unpaired) electrons. The van der Waals surface area contributed by atoms with Gasteiger partial charge in [0.25, 0.3) is 0 Å². The number of Topliss-reactive ketones (excluding diaryl/α,β-unsaturated/α-hetero) is 1. The van der Waals surface area contributed by atoms with Crippen LogP contribution in [0.1, 0.15) is 30.1 Å². The maximum Gasteiger partial charge on any atom is 0.243 e. The van der Waals surface area contributed by atoms with E-state index in [1.54, 1.807) is 53.9 Å². The molecule has 0 amide bonds. The Balaban J connectivity index is 1.62. The summed E-state index contributed by atoms with van der Waals surface area (Å²) in [5.41, 5.74) is 1.25. The van der Waals surface area contributed by atoms with Crippen molar-refractivity contribution in [1.29, 1.82) is 0 Å². The number of anilines is 1. The highest BCUT2D eigenvalue weighted by Crippen LogP contribution is 2.26. The normalized spacial score (nSPS) is 15.8. The van der Waals surface area contributed by atoms with Gasteiger partial charge in [0, 0.05) is 24.3 Å². The molecule has 3 rings (SSSR count). The van der Waals surface area contributed by atoms with Crippen molar-refractivity contribution in [2.75, 3.05) is 32.1 Å². The number of nitrogens with one attached hydrogen (secondary N) is 1. The molecular formula is C21H25BrN2O4S. The maximum atomic E-state index is 12.8. The molecule has 1 aliphatic heterocycles. The van der Waals surface area contributed by atoms with Crippen LogP contribution in [0, 0.1) is 5.92 Å². The summed E-state index contributed by atoms with van der Waals surface area (Å²) in [4.78, 5) is 12.7. The number of piperidine rings is 1. The van der Waals surface area contributed by atoms with E-state index in [1.807, 2.05) is 0 Å². The number of hydrogen-bond donors (Lipinski definition) is 1. The Bertz CT molecular complexity index is 969. The molecule has 0 bridgehead atoms. The van der Waals surface area contributed by atoms with E-state index in [0.29, 0.717) is 40.5 Å². The standard InChI is InChI=1S/C21H25BrN2O4S/c1-15-9-11-24(12-10-15)29(26,27)18-6-4-17(5-7-18)23-14-20(25)16-3-8-21(28-2)19(22)13-16/h3-8,13,15,23H,9-12,14H2,1-2H3. The first-order valence-electron chi connectivity index (χ1n) is 9.52. The zero-order valence-corrected chi connectivity index (χ0v) is 18.9. The fourth-order valence-corrected chi connectivity index (χ4v) is 5.25. The average molecular weight is 481 g/mol. The van der Waals surface area contributed by atoms with Crippen molar-refractivity contribution in [3.05, 3.63) is 52.5 Å². The lowest BCUT2D eigenvalue weighted by Crippen LogP contribution is -2.37. The fraction of sp³-hybridized carbons (Fsp3) is 0.381. The third kappa shape index (κ3) is 5.18. The summed E-state index contributed by atoms with van der Waals surface area (Å²) >= 11 is 3.38. The highest BCUT2D eigenvalue weighted by atomic mass is 79.9. The Morgan fingerprint density at radius 3 is 2.41 bits per heavy atom. The maximum absolute atomic E-state index is 12.8. The number of rotatable bonds is 7. The lowest BCUT2D eigenvalue weighted by molar-refractivity contribution is 0.101. The molecule has 6 nitrogen and oxygen atoms in total. The Labute approximate surface area is 180 Å². The summed E-state index contributed by atoms with van der Waals surface area (Å²) in [5.74, 6) is 1.15. The Morgan fingerprint density at radius 2 is 1.83 bits per heavy atom. The number of hydrogen-bond acceptors (Lipinski definition) is 5. The molecule has 2 aromatic rings. The van der Waals surface area contributed by atoms with E-state index in [1.165, 1.54) is 0 Å². The van der Waals surface area contributed by atoms with Crippen molar-refractivity contribution >= 4 is 37.4 Å². The smallest absolute Gasteiger partial charge is 0.243 e. The second kappa shape index (κ2) is 9.28. The van der Waals surface area contributed by atoms with Gasteiger partial charge in [-0.3, -0.25) is 4.79 Å². The topological polar surface area (TPSA) is 75.7 Å². The van der Waals surface area contributed by atoms with Gasteiger partial charge < -0.3 is 10.1 Å². The van der Waals surface area contributed by atoms with Crippen LogP contribution in [-0.4, -0.2) is 45.3 Å². The summed E-state index contributed by atoms with van der Waals surface area (Å²) in [6, 6.07) is 11.7. The van der Waals surface area contributed by atoms with E-state index < -0.39 is 10.0 Å². The van der Waals surface area contributed by atoms with Gasteiger partial charge in [-0.1, -0.05) is 6.92 Å². The Kier molecular flexibility index (Phi) is 6.97. The zero-order chi connectivity index (χ0) is 21.0. The minimum Gasteiger partial charge on any atom is -0.496 e. The van der Waals surface area contributed by atoms with Gasteiger partial charge in [-0.05, 0) is 77.2 Å². The summed E-state index contributed by atoms with van der Waals surface area (Å²) in [7, 11) is -1.90. The second-order valence-corrected chi connectivity index (χ2v) is 10.0. The molecule has 2 aromatic carbocycles. The van der Waals surface area contributed by atoms with Gasteiger partial charge in [-0.15, -0.1) is 0 Å². The molecule has 156 valence electrons. The van der Waals surface area contributed by atoms with Crippen LogP contribution in [0.2, 0.25) is 0 Å². The molecule has 0 atom stereocenters. The number of methoxy groups -OCH3 is 1. The summed E-state index contributed by atoms with van der Waals surface area (Å²) < 4.78 is 33.0. The first kappa shape index (κ1) is 21.8. The SMILES string of the molecule is COc1ccc(C(=O)CNc2ccc(S(=O)(=O)N3CCC(C)CC3)cc2)cc1Br. The molecule has 29 heavy (non-hydrogen) atoms. The van der Waals surface area contributed by atoms with Gasteiger partial charge in [0.1, 0.15) is 5.75 Å². The minimum absolute atomic E-state index is 0.0764.